The topological polar surface area (TPSA) is 35.2 Å². The van der Waals surface area contributed by atoms with E-state index in [-0.39, 0.29) is 0 Å². The summed E-state index contributed by atoms with van der Waals surface area (Å²) in [5.41, 5.74) is 8.17. The van der Waals surface area contributed by atoms with Crippen LogP contribution in [-0.2, 0) is 12.8 Å². The largest absolute Gasteiger partial charge is 0.496 e. The van der Waals surface area contributed by atoms with Gasteiger partial charge in [0.25, 0.3) is 0 Å². The van der Waals surface area contributed by atoms with Crippen LogP contribution in [0.1, 0.15) is 11.1 Å². The zero-order chi connectivity index (χ0) is 15.2. The fourth-order valence-corrected chi connectivity index (χ4v) is 2.91. The van der Waals surface area contributed by atoms with Gasteiger partial charge in [-0.1, -0.05) is 47.5 Å². The van der Waals surface area contributed by atoms with Crippen molar-refractivity contribution in [3.05, 3.63) is 63.6 Å². The van der Waals surface area contributed by atoms with Crippen molar-refractivity contribution in [2.45, 2.75) is 12.8 Å². The Labute approximate surface area is 135 Å². The molecule has 0 aromatic heterocycles. The van der Waals surface area contributed by atoms with Crippen LogP contribution in [0.3, 0.4) is 0 Å². The quantitative estimate of drug-likeness (QED) is 0.857. The maximum atomic E-state index is 6.24. The van der Waals surface area contributed by atoms with Gasteiger partial charge < -0.3 is 10.5 Å². The van der Waals surface area contributed by atoms with E-state index >= 15 is 0 Å². The molecule has 1 atom stereocenters. The van der Waals surface area contributed by atoms with E-state index in [1.54, 1.807) is 13.2 Å². The van der Waals surface area contributed by atoms with E-state index in [4.69, 9.17) is 33.7 Å². The standard InChI is InChI=1S/C17H19Cl2NO/c1-21-17-5-3-2-4-14(17)9-12(11-20)8-13-6-7-15(18)10-16(13)19/h2-7,10,12H,8-9,11,20H2,1H3. The van der Waals surface area contributed by atoms with Gasteiger partial charge in [-0.25, -0.2) is 0 Å². The molecule has 0 saturated carbocycles. The smallest absolute Gasteiger partial charge is 0.122 e. The van der Waals surface area contributed by atoms with Crippen LogP contribution in [0.2, 0.25) is 10.0 Å². The fourth-order valence-electron chi connectivity index (χ4n) is 2.42. The zero-order valence-electron chi connectivity index (χ0n) is 12.0. The van der Waals surface area contributed by atoms with Crippen LogP contribution < -0.4 is 10.5 Å². The molecule has 2 aromatic rings. The second-order valence-corrected chi connectivity index (χ2v) is 5.90. The summed E-state index contributed by atoms with van der Waals surface area (Å²) < 4.78 is 5.40. The van der Waals surface area contributed by atoms with Crippen molar-refractivity contribution in [2.75, 3.05) is 13.7 Å². The number of nitrogens with two attached hydrogens (primary N) is 1. The first-order valence-corrected chi connectivity index (χ1v) is 7.65. The molecule has 1 unspecified atom stereocenters. The summed E-state index contributed by atoms with van der Waals surface area (Å²) in [5.74, 6) is 1.21. The highest BCUT2D eigenvalue weighted by atomic mass is 35.5. The molecule has 0 aliphatic heterocycles. The summed E-state index contributed by atoms with van der Waals surface area (Å²) >= 11 is 12.2. The molecular weight excluding hydrogens is 305 g/mol. The lowest BCUT2D eigenvalue weighted by Gasteiger charge is -2.17. The first-order chi connectivity index (χ1) is 10.1. The lowest BCUT2D eigenvalue weighted by Crippen LogP contribution is -2.19. The van der Waals surface area contributed by atoms with Crippen molar-refractivity contribution in [3.8, 4) is 5.75 Å². The molecule has 0 amide bonds. The number of hydrogen-bond donors (Lipinski definition) is 1. The minimum atomic E-state index is 0.306. The second-order valence-electron chi connectivity index (χ2n) is 5.06. The Hall–Kier alpha value is -1.22. The monoisotopic (exact) mass is 323 g/mol. The number of benzene rings is 2. The van der Waals surface area contributed by atoms with Crippen LogP contribution >= 0.6 is 23.2 Å². The van der Waals surface area contributed by atoms with Crippen molar-refractivity contribution in [1.29, 1.82) is 0 Å². The number of methoxy groups -OCH3 is 1. The number of hydrogen-bond acceptors (Lipinski definition) is 2. The van der Waals surface area contributed by atoms with Crippen molar-refractivity contribution < 1.29 is 4.74 Å². The summed E-state index contributed by atoms with van der Waals surface area (Å²) in [7, 11) is 1.69. The molecular formula is C17H19Cl2NO. The highest BCUT2D eigenvalue weighted by molar-refractivity contribution is 6.35. The van der Waals surface area contributed by atoms with E-state index in [1.807, 2.05) is 30.3 Å². The van der Waals surface area contributed by atoms with Gasteiger partial charge in [0.2, 0.25) is 0 Å². The van der Waals surface area contributed by atoms with Gasteiger partial charge >= 0.3 is 0 Å². The van der Waals surface area contributed by atoms with Gasteiger partial charge in [0.05, 0.1) is 7.11 Å². The van der Waals surface area contributed by atoms with Crippen molar-refractivity contribution in [2.24, 2.45) is 11.7 Å². The predicted molar refractivity (Wildman–Crippen MR) is 89.4 cm³/mol. The number of halogens is 2. The Morgan fingerprint density at radius 3 is 2.43 bits per heavy atom. The first-order valence-electron chi connectivity index (χ1n) is 6.90. The highest BCUT2D eigenvalue weighted by Crippen LogP contribution is 2.26. The number of rotatable bonds is 6. The van der Waals surface area contributed by atoms with Crippen LogP contribution in [0.5, 0.6) is 5.75 Å². The van der Waals surface area contributed by atoms with E-state index in [0.29, 0.717) is 22.5 Å². The Morgan fingerprint density at radius 1 is 1.05 bits per heavy atom. The molecule has 0 bridgehead atoms. The Balaban J connectivity index is 2.13. The van der Waals surface area contributed by atoms with Crippen LogP contribution in [0.15, 0.2) is 42.5 Å². The summed E-state index contributed by atoms with van der Waals surface area (Å²) in [6.07, 6.45) is 1.68. The third-order valence-corrected chi connectivity index (χ3v) is 4.15. The number of para-hydroxylation sites is 1. The third kappa shape index (κ3) is 4.37. The molecule has 0 aliphatic rings. The number of ether oxygens (including phenoxy) is 1. The van der Waals surface area contributed by atoms with Gasteiger partial charge in [-0.05, 0) is 54.6 Å². The van der Waals surface area contributed by atoms with Crippen molar-refractivity contribution >= 4 is 23.2 Å². The molecule has 4 heteroatoms. The SMILES string of the molecule is COc1ccccc1CC(CN)Cc1ccc(Cl)cc1Cl. The molecule has 2 rings (SSSR count). The zero-order valence-corrected chi connectivity index (χ0v) is 13.5. The Bertz CT molecular complexity index is 601. The van der Waals surface area contributed by atoms with Gasteiger partial charge in [-0.15, -0.1) is 0 Å². The molecule has 0 fully saturated rings. The average Bonchev–Trinajstić information content (AvgIpc) is 2.49. The predicted octanol–water partition coefficient (Wildman–Crippen LogP) is 4.36. The lowest BCUT2D eigenvalue weighted by atomic mass is 9.92. The second kappa shape index (κ2) is 7.69. The van der Waals surface area contributed by atoms with E-state index in [0.717, 1.165) is 24.2 Å². The highest BCUT2D eigenvalue weighted by Gasteiger charge is 2.14. The molecule has 0 heterocycles. The summed E-state index contributed by atoms with van der Waals surface area (Å²) in [4.78, 5) is 0. The van der Waals surface area contributed by atoms with Gasteiger partial charge in [-0.3, -0.25) is 0 Å². The minimum absolute atomic E-state index is 0.306. The molecule has 112 valence electrons. The van der Waals surface area contributed by atoms with Crippen LogP contribution in [0, 0.1) is 5.92 Å². The van der Waals surface area contributed by atoms with E-state index in [9.17, 15) is 0 Å². The molecule has 0 spiro atoms. The summed E-state index contributed by atoms with van der Waals surface area (Å²) in [6, 6.07) is 13.6. The molecule has 2 nitrogen and oxygen atoms in total. The maximum absolute atomic E-state index is 6.24. The lowest BCUT2D eigenvalue weighted by molar-refractivity contribution is 0.404. The normalized spacial score (nSPS) is 12.2. The fraction of sp³-hybridized carbons (Fsp3) is 0.294. The van der Waals surface area contributed by atoms with Crippen molar-refractivity contribution in [1.82, 2.24) is 0 Å². The van der Waals surface area contributed by atoms with Crippen molar-refractivity contribution in [3.63, 3.8) is 0 Å². The van der Waals surface area contributed by atoms with E-state index < -0.39 is 0 Å². The third-order valence-electron chi connectivity index (χ3n) is 3.56. The maximum Gasteiger partial charge on any atom is 0.122 e. The molecule has 0 aliphatic carbocycles. The molecule has 2 aromatic carbocycles. The average molecular weight is 324 g/mol. The Morgan fingerprint density at radius 2 is 1.76 bits per heavy atom. The first kappa shape index (κ1) is 16.2. The molecule has 2 N–H and O–H groups in total. The summed E-state index contributed by atoms with van der Waals surface area (Å²) in [5, 5.41) is 1.35. The van der Waals surface area contributed by atoms with E-state index in [2.05, 4.69) is 6.07 Å². The Kier molecular flexibility index (Phi) is 5.92. The van der Waals surface area contributed by atoms with Gasteiger partial charge in [0.1, 0.15) is 5.75 Å². The molecule has 0 radical (unpaired) electrons. The van der Waals surface area contributed by atoms with Gasteiger partial charge in [0, 0.05) is 10.0 Å². The van der Waals surface area contributed by atoms with E-state index in [1.165, 1.54) is 5.56 Å². The van der Waals surface area contributed by atoms with Crippen LogP contribution in [0.25, 0.3) is 0 Å². The van der Waals surface area contributed by atoms with Gasteiger partial charge in [0.15, 0.2) is 0 Å². The minimum Gasteiger partial charge on any atom is -0.496 e. The van der Waals surface area contributed by atoms with Crippen LogP contribution in [0.4, 0.5) is 0 Å². The summed E-state index contributed by atoms with van der Waals surface area (Å²) in [6.45, 7) is 0.594. The van der Waals surface area contributed by atoms with Gasteiger partial charge in [-0.2, -0.15) is 0 Å². The molecule has 21 heavy (non-hydrogen) atoms. The van der Waals surface area contributed by atoms with Crippen LogP contribution in [-0.4, -0.2) is 13.7 Å². The molecule has 0 saturated heterocycles.